The molecule has 1 aliphatic carbocycles. The number of benzene rings is 1. The molecule has 0 saturated heterocycles. The number of nitrogens with one attached hydrogen (secondary N) is 1. The van der Waals surface area contributed by atoms with Gasteiger partial charge in [-0.2, -0.15) is 0 Å². The van der Waals surface area contributed by atoms with Crippen LogP contribution in [0, 0.1) is 5.92 Å². The zero-order valence-corrected chi connectivity index (χ0v) is 12.3. The minimum Gasteiger partial charge on any atom is -0.335 e. The van der Waals surface area contributed by atoms with Crippen molar-refractivity contribution in [1.29, 1.82) is 0 Å². The predicted octanol–water partition coefficient (Wildman–Crippen LogP) is 2.69. The normalized spacial score (nSPS) is 16.2. The van der Waals surface area contributed by atoms with Crippen LogP contribution in [-0.2, 0) is 11.3 Å². The number of carbonyl (C=O) groups excluding carboxylic acids is 1. The number of hydrogen-bond acceptors (Lipinski definition) is 2. The zero-order valence-electron chi connectivity index (χ0n) is 11.5. The molecule has 0 heterocycles. The Morgan fingerprint density at radius 2 is 2.05 bits per heavy atom. The Bertz CT molecular complexity index is 428. The summed E-state index contributed by atoms with van der Waals surface area (Å²) in [7, 11) is 1.88. The number of nitrogens with zero attached hydrogens (tertiary/aromatic N) is 1. The fourth-order valence-corrected chi connectivity index (χ4v) is 2.36. The van der Waals surface area contributed by atoms with Crippen molar-refractivity contribution >= 4 is 17.5 Å². The van der Waals surface area contributed by atoms with Crippen LogP contribution in [0.1, 0.15) is 25.3 Å². The van der Waals surface area contributed by atoms with E-state index < -0.39 is 0 Å². The number of halogens is 1. The lowest BCUT2D eigenvalue weighted by atomic mass is 10.1. The number of amides is 1. The van der Waals surface area contributed by atoms with E-state index in [0.29, 0.717) is 12.6 Å². The van der Waals surface area contributed by atoms with Crippen LogP contribution in [0.2, 0.25) is 5.02 Å². The molecule has 0 radical (unpaired) electrons. The van der Waals surface area contributed by atoms with Gasteiger partial charge in [-0.1, -0.05) is 30.7 Å². The SMILES string of the molecule is CNCC(C)C(=O)N(Cc1ccc(Cl)cc1)C1CC1. The predicted molar refractivity (Wildman–Crippen MR) is 78.1 cm³/mol. The van der Waals surface area contributed by atoms with E-state index in [4.69, 9.17) is 11.6 Å². The third-order valence-electron chi connectivity index (χ3n) is 3.47. The van der Waals surface area contributed by atoms with Crippen LogP contribution in [0.25, 0.3) is 0 Å². The van der Waals surface area contributed by atoms with E-state index in [-0.39, 0.29) is 11.8 Å². The van der Waals surface area contributed by atoms with Crippen molar-refractivity contribution in [2.75, 3.05) is 13.6 Å². The van der Waals surface area contributed by atoms with Crippen LogP contribution in [0.5, 0.6) is 0 Å². The van der Waals surface area contributed by atoms with Crippen molar-refractivity contribution in [3.63, 3.8) is 0 Å². The van der Waals surface area contributed by atoms with Gasteiger partial charge in [-0.05, 0) is 37.6 Å². The molecule has 0 spiro atoms. The molecule has 1 aliphatic rings. The van der Waals surface area contributed by atoms with Gasteiger partial charge in [0.1, 0.15) is 0 Å². The van der Waals surface area contributed by atoms with E-state index in [1.165, 1.54) is 0 Å². The van der Waals surface area contributed by atoms with Gasteiger partial charge in [0.2, 0.25) is 5.91 Å². The van der Waals surface area contributed by atoms with Crippen LogP contribution >= 0.6 is 11.6 Å². The standard InChI is InChI=1S/C15H21ClN2O/c1-11(9-17-2)15(19)18(14-7-8-14)10-12-3-5-13(16)6-4-12/h3-6,11,14,17H,7-10H2,1-2H3. The molecular weight excluding hydrogens is 260 g/mol. The highest BCUT2D eigenvalue weighted by atomic mass is 35.5. The molecule has 1 N–H and O–H groups in total. The van der Waals surface area contributed by atoms with E-state index in [1.54, 1.807) is 0 Å². The van der Waals surface area contributed by atoms with Gasteiger partial charge in [0.25, 0.3) is 0 Å². The molecule has 1 atom stereocenters. The third kappa shape index (κ3) is 3.95. The Hall–Kier alpha value is -1.06. The first-order valence-electron chi connectivity index (χ1n) is 6.81. The summed E-state index contributed by atoms with van der Waals surface area (Å²) >= 11 is 5.89. The van der Waals surface area contributed by atoms with E-state index in [9.17, 15) is 4.79 Å². The lowest BCUT2D eigenvalue weighted by molar-refractivity contribution is -0.136. The molecule has 4 heteroatoms. The van der Waals surface area contributed by atoms with Crippen LogP contribution in [0.4, 0.5) is 0 Å². The van der Waals surface area contributed by atoms with Gasteiger partial charge in [0.05, 0.1) is 0 Å². The second-order valence-corrected chi connectivity index (χ2v) is 5.72. The van der Waals surface area contributed by atoms with Crippen molar-refractivity contribution in [2.24, 2.45) is 5.92 Å². The smallest absolute Gasteiger partial charge is 0.227 e. The van der Waals surface area contributed by atoms with Crippen molar-refractivity contribution < 1.29 is 4.79 Å². The van der Waals surface area contributed by atoms with Crippen molar-refractivity contribution in [3.05, 3.63) is 34.9 Å². The molecule has 0 aliphatic heterocycles. The lowest BCUT2D eigenvalue weighted by Gasteiger charge is -2.26. The number of rotatable bonds is 6. The van der Waals surface area contributed by atoms with Crippen molar-refractivity contribution in [1.82, 2.24) is 10.2 Å². The first-order valence-corrected chi connectivity index (χ1v) is 7.19. The summed E-state index contributed by atoms with van der Waals surface area (Å²) in [6.45, 7) is 3.40. The Morgan fingerprint density at radius 3 is 2.58 bits per heavy atom. The van der Waals surface area contributed by atoms with Gasteiger partial charge in [0, 0.05) is 30.1 Å². The maximum absolute atomic E-state index is 12.4. The van der Waals surface area contributed by atoms with E-state index in [1.807, 2.05) is 43.1 Å². The molecule has 104 valence electrons. The molecule has 1 saturated carbocycles. The van der Waals surface area contributed by atoms with Crippen LogP contribution in [-0.4, -0.2) is 30.4 Å². The molecule has 1 amide bonds. The fourth-order valence-electron chi connectivity index (χ4n) is 2.24. The quantitative estimate of drug-likeness (QED) is 0.869. The highest BCUT2D eigenvalue weighted by Crippen LogP contribution is 2.29. The first-order chi connectivity index (χ1) is 9.11. The minimum absolute atomic E-state index is 0.0258. The number of hydrogen-bond donors (Lipinski definition) is 1. The van der Waals surface area contributed by atoms with Crippen molar-refractivity contribution in [3.8, 4) is 0 Å². The largest absolute Gasteiger partial charge is 0.335 e. The molecule has 1 unspecified atom stereocenters. The lowest BCUT2D eigenvalue weighted by Crippen LogP contribution is -2.39. The Balaban J connectivity index is 2.04. The highest BCUT2D eigenvalue weighted by molar-refractivity contribution is 6.30. The second kappa shape index (κ2) is 6.40. The van der Waals surface area contributed by atoms with Crippen LogP contribution in [0.3, 0.4) is 0 Å². The van der Waals surface area contributed by atoms with Gasteiger partial charge in [-0.15, -0.1) is 0 Å². The van der Waals surface area contributed by atoms with Gasteiger partial charge >= 0.3 is 0 Å². The van der Waals surface area contributed by atoms with Crippen LogP contribution < -0.4 is 5.32 Å². The monoisotopic (exact) mass is 280 g/mol. The topological polar surface area (TPSA) is 32.3 Å². The average Bonchev–Trinajstić information content (AvgIpc) is 3.22. The molecule has 1 aromatic carbocycles. The van der Waals surface area contributed by atoms with E-state index in [0.717, 1.165) is 30.0 Å². The molecule has 2 rings (SSSR count). The Kier molecular flexibility index (Phi) is 4.83. The van der Waals surface area contributed by atoms with E-state index in [2.05, 4.69) is 5.32 Å². The average molecular weight is 281 g/mol. The van der Waals surface area contributed by atoms with Gasteiger partial charge < -0.3 is 10.2 Å². The first kappa shape index (κ1) is 14.4. The maximum Gasteiger partial charge on any atom is 0.227 e. The second-order valence-electron chi connectivity index (χ2n) is 5.28. The molecule has 1 aromatic rings. The minimum atomic E-state index is 0.0258. The fraction of sp³-hybridized carbons (Fsp3) is 0.533. The summed E-state index contributed by atoms with van der Waals surface area (Å²) in [5.74, 6) is 0.268. The molecular formula is C15H21ClN2O. The molecule has 3 nitrogen and oxygen atoms in total. The summed E-state index contributed by atoms with van der Waals surface area (Å²) in [4.78, 5) is 14.5. The third-order valence-corrected chi connectivity index (χ3v) is 3.72. The van der Waals surface area contributed by atoms with Crippen molar-refractivity contribution in [2.45, 2.75) is 32.4 Å². The van der Waals surface area contributed by atoms with Crippen LogP contribution in [0.15, 0.2) is 24.3 Å². The summed E-state index contributed by atoms with van der Waals surface area (Å²) in [6, 6.07) is 8.18. The Morgan fingerprint density at radius 1 is 1.42 bits per heavy atom. The van der Waals surface area contributed by atoms with Gasteiger partial charge in [0.15, 0.2) is 0 Å². The van der Waals surface area contributed by atoms with Gasteiger partial charge in [-0.25, -0.2) is 0 Å². The summed E-state index contributed by atoms with van der Waals surface area (Å²) in [5, 5.41) is 3.80. The van der Waals surface area contributed by atoms with Gasteiger partial charge in [-0.3, -0.25) is 4.79 Å². The van der Waals surface area contributed by atoms with E-state index >= 15 is 0 Å². The molecule has 0 bridgehead atoms. The summed E-state index contributed by atoms with van der Waals surface area (Å²) in [6.07, 6.45) is 2.26. The molecule has 1 fully saturated rings. The molecule has 19 heavy (non-hydrogen) atoms. The Labute approximate surface area is 119 Å². The summed E-state index contributed by atoms with van der Waals surface area (Å²) in [5.41, 5.74) is 1.14. The molecule has 0 aromatic heterocycles. The zero-order chi connectivity index (χ0) is 13.8. The maximum atomic E-state index is 12.4. The number of carbonyl (C=O) groups is 1. The highest BCUT2D eigenvalue weighted by Gasteiger charge is 2.34. The summed E-state index contributed by atoms with van der Waals surface area (Å²) < 4.78 is 0.